The highest BCUT2D eigenvalue weighted by atomic mass is 16.2. The first-order valence-electron chi connectivity index (χ1n) is 9.50. The lowest BCUT2D eigenvalue weighted by Crippen LogP contribution is -2.52. The Kier molecular flexibility index (Phi) is 5.31. The van der Waals surface area contributed by atoms with Crippen LogP contribution < -0.4 is 15.5 Å². The van der Waals surface area contributed by atoms with E-state index < -0.39 is 0 Å². The summed E-state index contributed by atoms with van der Waals surface area (Å²) in [5.41, 5.74) is 0.857. The van der Waals surface area contributed by atoms with Crippen LogP contribution in [0.2, 0.25) is 0 Å². The second-order valence-corrected chi connectivity index (χ2v) is 7.00. The summed E-state index contributed by atoms with van der Waals surface area (Å²) >= 11 is 0. The van der Waals surface area contributed by atoms with Gasteiger partial charge in [0, 0.05) is 45.3 Å². The van der Waals surface area contributed by atoms with Crippen molar-refractivity contribution in [2.75, 3.05) is 42.9 Å². The molecule has 2 aliphatic rings. The molecule has 0 aliphatic carbocycles. The van der Waals surface area contributed by atoms with Crippen LogP contribution in [-0.4, -0.2) is 64.6 Å². The van der Waals surface area contributed by atoms with Gasteiger partial charge in [0.2, 0.25) is 11.8 Å². The molecule has 9 heteroatoms. The lowest BCUT2D eigenvalue weighted by Gasteiger charge is -2.37. The zero-order valence-electron chi connectivity index (χ0n) is 15.5. The standard InChI is InChI=1S/C19H23N7O2/c27-18-6-3-14(12-21-18)19(28)26-10-8-25(9-11-26)17-5-4-16(23-24-17)22-15-2-1-7-20-13-15/h1-2,4-5,7,13-14H,3,6,8-12H2,(H,21,27)(H,22,23). The number of amides is 2. The average molecular weight is 381 g/mol. The third kappa shape index (κ3) is 4.19. The van der Waals surface area contributed by atoms with Gasteiger partial charge < -0.3 is 20.4 Å². The van der Waals surface area contributed by atoms with E-state index in [9.17, 15) is 9.59 Å². The molecule has 2 aromatic heterocycles. The molecule has 0 spiro atoms. The molecular formula is C19H23N7O2. The summed E-state index contributed by atoms with van der Waals surface area (Å²) in [6.45, 7) is 3.19. The first-order valence-corrected chi connectivity index (χ1v) is 9.50. The smallest absolute Gasteiger partial charge is 0.227 e. The van der Waals surface area contributed by atoms with Gasteiger partial charge in [-0.05, 0) is 30.7 Å². The van der Waals surface area contributed by atoms with Gasteiger partial charge in [-0.1, -0.05) is 0 Å². The number of pyridine rings is 1. The van der Waals surface area contributed by atoms with Crippen LogP contribution >= 0.6 is 0 Å². The molecule has 0 radical (unpaired) electrons. The molecule has 2 amide bonds. The molecule has 2 aromatic rings. The van der Waals surface area contributed by atoms with Crippen LogP contribution in [0.15, 0.2) is 36.7 Å². The van der Waals surface area contributed by atoms with Crippen molar-refractivity contribution in [3.05, 3.63) is 36.7 Å². The highest BCUT2D eigenvalue weighted by Crippen LogP contribution is 2.19. The normalized spacial score (nSPS) is 19.9. The molecule has 146 valence electrons. The van der Waals surface area contributed by atoms with E-state index in [0.29, 0.717) is 38.3 Å². The van der Waals surface area contributed by atoms with Crippen LogP contribution in [0.5, 0.6) is 0 Å². The molecule has 1 atom stereocenters. The minimum absolute atomic E-state index is 0.0360. The van der Waals surface area contributed by atoms with Gasteiger partial charge in [-0.15, -0.1) is 10.2 Å². The molecule has 2 N–H and O–H groups in total. The maximum atomic E-state index is 12.6. The average Bonchev–Trinajstić information content (AvgIpc) is 2.75. The zero-order chi connectivity index (χ0) is 19.3. The van der Waals surface area contributed by atoms with Crippen LogP contribution in [0.4, 0.5) is 17.3 Å². The van der Waals surface area contributed by atoms with Crippen LogP contribution in [0.3, 0.4) is 0 Å². The van der Waals surface area contributed by atoms with Crippen LogP contribution in [-0.2, 0) is 9.59 Å². The fourth-order valence-electron chi connectivity index (χ4n) is 3.50. The Morgan fingerprint density at radius 2 is 2.00 bits per heavy atom. The number of rotatable bonds is 4. The van der Waals surface area contributed by atoms with E-state index in [2.05, 4.69) is 30.7 Å². The first kappa shape index (κ1) is 18.1. The first-order chi connectivity index (χ1) is 13.7. The molecule has 9 nitrogen and oxygen atoms in total. The number of piperidine rings is 1. The zero-order valence-corrected chi connectivity index (χ0v) is 15.5. The molecule has 0 aromatic carbocycles. The summed E-state index contributed by atoms with van der Waals surface area (Å²) in [6, 6.07) is 7.58. The highest BCUT2D eigenvalue weighted by molar-refractivity contribution is 5.84. The highest BCUT2D eigenvalue weighted by Gasteiger charge is 2.30. The molecule has 0 bridgehead atoms. The van der Waals surface area contributed by atoms with Crippen molar-refractivity contribution < 1.29 is 9.59 Å². The van der Waals surface area contributed by atoms with E-state index in [1.807, 2.05) is 29.2 Å². The summed E-state index contributed by atoms with van der Waals surface area (Å²) in [5, 5.41) is 14.5. The van der Waals surface area contributed by atoms with Crippen molar-refractivity contribution in [1.29, 1.82) is 0 Å². The van der Waals surface area contributed by atoms with Gasteiger partial charge in [-0.25, -0.2) is 0 Å². The minimum Gasteiger partial charge on any atom is -0.355 e. The molecule has 2 aliphatic heterocycles. The number of hydrogen-bond donors (Lipinski definition) is 2. The number of carbonyl (C=O) groups is 2. The van der Waals surface area contributed by atoms with Crippen LogP contribution in [0.1, 0.15) is 12.8 Å². The number of nitrogens with zero attached hydrogens (tertiary/aromatic N) is 5. The Labute approximate surface area is 163 Å². The largest absolute Gasteiger partial charge is 0.355 e. The van der Waals surface area contributed by atoms with Crippen molar-refractivity contribution >= 4 is 29.1 Å². The summed E-state index contributed by atoms with van der Waals surface area (Å²) in [7, 11) is 0. The van der Waals surface area contributed by atoms with E-state index in [1.165, 1.54) is 0 Å². The minimum atomic E-state index is -0.0955. The van der Waals surface area contributed by atoms with Gasteiger partial charge in [-0.3, -0.25) is 14.6 Å². The van der Waals surface area contributed by atoms with Gasteiger partial charge in [0.15, 0.2) is 11.6 Å². The van der Waals surface area contributed by atoms with Crippen molar-refractivity contribution in [1.82, 2.24) is 25.4 Å². The Balaban J connectivity index is 1.30. The second kappa shape index (κ2) is 8.20. The molecule has 28 heavy (non-hydrogen) atoms. The second-order valence-electron chi connectivity index (χ2n) is 7.00. The van der Waals surface area contributed by atoms with Gasteiger partial charge >= 0.3 is 0 Å². The number of piperazine rings is 1. The predicted molar refractivity (Wildman–Crippen MR) is 104 cm³/mol. The summed E-state index contributed by atoms with van der Waals surface area (Å²) in [4.78, 5) is 32.0. The number of hydrogen-bond acceptors (Lipinski definition) is 7. The topological polar surface area (TPSA) is 103 Å². The maximum absolute atomic E-state index is 12.6. The monoisotopic (exact) mass is 381 g/mol. The van der Waals surface area contributed by atoms with Crippen LogP contribution in [0, 0.1) is 5.92 Å². The quantitative estimate of drug-likeness (QED) is 0.807. The predicted octanol–water partition coefficient (Wildman–Crippen LogP) is 0.790. The Morgan fingerprint density at radius 3 is 2.64 bits per heavy atom. The number of carbonyl (C=O) groups excluding carboxylic acids is 2. The molecule has 4 rings (SSSR count). The summed E-state index contributed by atoms with van der Waals surface area (Å²) in [5.74, 6) is 1.54. The van der Waals surface area contributed by atoms with E-state index in [0.717, 1.165) is 24.6 Å². The molecular weight excluding hydrogens is 358 g/mol. The maximum Gasteiger partial charge on any atom is 0.227 e. The van der Waals surface area contributed by atoms with Gasteiger partial charge in [-0.2, -0.15) is 0 Å². The summed E-state index contributed by atoms with van der Waals surface area (Å²) in [6.07, 6.45) is 4.52. The Bertz CT molecular complexity index is 810. The fourth-order valence-corrected chi connectivity index (χ4v) is 3.50. The van der Waals surface area contributed by atoms with Gasteiger partial charge in [0.25, 0.3) is 0 Å². The van der Waals surface area contributed by atoms with E-state index in [1.54, 1.807) is 12.4 Å². The van der Waals surface area contributed by atoms with Crippen molar-refractivity contribution in [2.45, 2.75) is 12.8 Å². The lowest BCUT2D eigenvalue weighted by molar-refractivity contribution is -0.137. The van der Waals surface area contributed by atoms with Crippen molar-refractivity contribution in [2.24, 2.45) is 5.92 Å². The van der Waals surface area contributed by atoms with Crippen LogP contribution in [0.25, 0.3) is 0 Å². The van der Waals surface area contributed by atoms with Crippen molar-refractivity contribution in [3.63, 3.8) is 0 Å². The molecule has 4 heterocycles. The Hall–Kier alpha value is -3.23. The van der Waals surface area contributed by atoms with E-state index >= 15 is 0 Å². The molecule has 0 saturated carbocycles. The lowest BCUT2D eigenvalue weighted by atomic mass is 9.97. The fraction of sp³-hybridized carbons (Fsp3) is 0.421. The van der Waals surface area contributed by atoms with E-state index in [4.69, 9.17) is 0 Å². The number of anilines is 3. The van der Waals surface area contributed by atoms with E-state index in [-0.39, 0.29) is 17.7 Å². The summed E-state index contributed by atoms with van der Waals surface area (Å²) < 4.78 is 0. The molecule has 2 fully saturated rings. The third-order valence-electron chi connectivity index (χ3n) is 5.11. The number of nitrogens with one attached hydrogen (secondary N) is 2. The van der Waals surface area contributed by atoms with Gasteiger partial charge in [0.05, 0.1) is 17.8 Å². The SMILES string of the molecule is O=C1CCC(C(=O)N2CCN(c3ccc(Nc4cccnc4)nn3)CC2)CN1. The number of aromatic nitrogens is 3. The van der Waals surface area contributed by atoms with Crippen molar-refractivity contribution in [3.8, 4) is 0 Å². The molecule has 2 saturated heterocycles. The Morgan fingerprint density at radius 1 is 1.14 bits per heavy atom. The van der Waals surface area contributed by atoms with Gasteiger partial charge in [0.1, 0.15) is 0 Å². The third-order valence-corrected chi connectivity index (χ3v) is 5.11. The molecule has 1 unspecified atom stereocenters.